The molecule has 1 aliphatic heterocycles. The third-order valence-electron chi connectivity index (χ3n) is 5.79. The van der Waals surface area contributed by atoms with Gasteiger partial charge in [-0.25, -0.2) is 0 Å². The van der Waals surface area contributed by atoms with Gasteiger partial charge in [-0.1, -0.05) is 30.3 Å². The van der Waals surface area contributed by atoms with Gasteiger partial charge in [0.2, 0.25) is 0 Å². The summed E-state index contributed by atoms with van der Waals surface area (Å²) >= 11 is 0. The minimum absolute atomic E-state index is 0.206. The lowest BCUT2D eigenvalue weighted by molar-refractivity contribution is -0.120. The molecule has 1 aromatic rings. The molecule has 3 nitrogen and oxygen atoms in total. The van der Waals surface area contributed by atoms with Gasteiger partial charge in [0.15, 0.2) is 0 Å². The van der Waals surface area contributed by atoms with E-state index in [9.17, 15) is 4.79 Å². The van der Waals surface area contributed by atoms with Crippen LogP contribution in [0.3, 0.4) is 0 Å². The van der Waals surface area contributed by atoms with E-state index in [-0.39, 0.29) is 24.2 Å². The smallest absolute Gasteiger partial charge is 0.399 e. The minimum atomic E-state index is -0.316. The van der Waals surface area contributed by atoms with Crippen molar-refractivity contribution in [3.05, 3.63) is 35.9 Å². The Labute approximate surface area is 145 Å². The first kappa shape index (κ1) is 17.4. The van der Waals surface area contributed by atoms with Crippen molar-refractivity contribution < 1.29 is 14.1 Å². The number of benzene rings is 1. The van der Waals surface area contributed by atoms with E-state index in [4.69, 9.17) is 9.31 Å². The predicted octanol–water partition coefficient (Wildman–Crippen LogP) is 3.76. The number of allylic oxidation sites excluding steroid dienone is 2. The highest BCUT2D eigenvalue weighted by atomic mass is 16.7. The zero-order valence-electron chi connectivity index (χ0n) is 15.4. The molecular formula is C20H27BO3. The van der Waals surface area contributed by atoms with Crippen LogP contribution in [-0.4, -0.2) is 24.1 Å². The summed E-state index contributed by atoms with van der Waals surface area (Å²) in [6.07, 6.45) is 5.02. The lowest BCUT2D eigenvalue weighted by atomic mass is 9.78. The van der Waals surface area contributed by atoms with Crippen LogP contribution in [0.25, 0.3) is 5.57 Å². The summed E-state index contributed by atoms with van der Waals surface area (Å²) in [6.45, 7) is 9.97. The molecule has 1 aliphatic carbocycles. The molecule has 0 radical (unpaired) electrons. The Kier molecular flexibility index (Phi) is 4.48. The van der Waals surface area contributed by atoms with Crippen LogP contribution in [0.5, 0.6) is 0 Å². The summed E-state index contributed by atoms with van der Waals surface area (Å²) < 4.78 is 12.2. The molecular weight excluding hydrogens is 299 g/mol. The average molecular weight is 326 g/mol. The molecule has 1 unspecified atom stereocenters. The molecule has 2 aliphatic rings. The van der Waals surface area contributed by atoms with E-state index in [1.165, 1.54) is 11.1 Å². The van der Waals surface area contributed by atoms with Gasteiger partial charge in [-0.15, -0.1) is 0 Å². The van der Waals surface area contributed by atoms with E-state index >= 15 is 0 Å². The molecule has 1 fully saturated rings. The van der Waals surface area contributed by atoms with E-state index in [2.05, 4.69) is 58.0 Å². The first-order chi connectivity index (χ1) is 11.2. The number of ketones is 1. The second-order valence-corrected chi connectivity index (χ2v) is 8.02. The molecule has 0 amide bonds. The normalized spacial score (nSPS) is 25.5. The van der Waals surface area contributed by atoms with Gasteiger partial charge in [0.05, 0.1) is 11.2 Å². The summed E-state index contributed by atoms with van der Waals surface area (Å²) in [4.78, 5) is 11.5. The summed E-state index contributed by atoms with van der Waals surface area (Å²) in [5.74, 6) is 0.513. The molecule has 4 heteroatoms. The Morgan fingerprint density at radius 1 is 1.08 bits per heavy atom. The largest absolute Gasteiger partial charge is 0.494 e. The Balaban J connectivity index is 1.72. The van der Waals surface area contributed by atoms with Gasteiger partial charge in [0.25, 0.3) is 0 Å². The number of hydrogen-bond donors (Lipinski definition) is 0. The fourth-order valence-electron chi connectivity index (χ4n) is 3.30. The van der Waals surface area contributed by atoms with E-state index in [1.807, 2.05) is 0 Å². The molecule has 1 aromatic carbocycles. The molecule has 0 saturated carbocycles. The third-order valence-corrected chi connectivity index (χ3v) is 5.79. The summed E-state index contributed by atoms with van der Waals surface area (Å²) in [5.41, 5.74) is 2.99. The van der Waals surface area contributed by atoms with Crippen LogP contribution < -0.4 is 5.46 Å². The zero-order valence-corrected chi connectivity index (χ0v) is 15.4. The quantitative estimate of drug-likeness (QED) is 0.794. The van der Waals surface area contributed by atoms with Crippen molar-refractivity contribution in [3.8, 4) is 0 Å². The number of carbonyl (C=O) groups is 1. The summed E-state index contributed by atoms with van der Waals surface area (Å²) in [7, 11) is -0.313. The SMILES string of the molecule is CC(=O)C1CC=C(c2ccc(B3OC(C)(C)C(C)(C)O3)cc2)CC1. The molecule has 1 atom stereocenters. The van der Waals surface area contributed by atoms with Crippen molar-refractivity contribution in [1.29, 1.82) is 0 Å². The van der Waals surface area contributed by atoms with Crippen LogP contribution in [0.1, 0.15) is 59.4 Å². The van der Waals surface area contributed by atoms with Crippen LogP contribution in [0.4, 0.5) is 0 Å². The van der Waals surface area contributed by atoms with Gasteiger partial charge in [-0.05, 0) is 70.5 Å². The molecule has 128 valence electrons. The van der Waals surface area contributed by atoms with Crippen molar-refractivity contribution in [3.63, 3.8) is 0 Å². The van der Waals surface area contributed by atoms with Crippen molar-refractivity contribution >= 4 is 23.9 Å². The summed E-state index contributed by atoms with van der Waals surface area (Å²) in [6, 6.07) is 8.46. The molecule has 0 spiro atoms. The maximum atomic E-state index is 11.5. The fourth-order valence-corrected chi connectivity index (χ4v) is 3.30. The Bertz CT molecular complexity index is 642. The zero-order chi connectivity index (χ0) is 17.5. The number of carbonyl (C=O) groups excluding carboxylic acids is 1. The highest BCUT2D eigenvalue weighted by Gasteiger charge is 2.51. The summed E-state index contributed by atoms with van der Waals surface area (Å²) in [5, 5.41) is 0. The Morgan fingerprint density at radius 2 is 1.67 bits per heavy atom. The van der Waals surface area contributed by atoms with Crippen LogP contribution in [0, 0.1) is 5.92 Å². The maximum Gasteiger partial charge on any atom is 0.494 e. The van der Waals surface area contributed by atoms with Crippen LogP contribution in [0.2, 0.25) is 0 Å². The van der Waals surface area contributed by atoms with Crippen LogP contribution in [-0.2, 0) is 14.1 Å². The van der Waals surface area contributed by atoms with Gasteiger partial charge >= 0.3 is 7.12 Å². The molecule has 0 aromatic heterocycles. The standard InChI is InChI=1S/C20H27BO3/c1-14(22)15-6-8-16(9-7-15)17-10-12-18(13-11-17)21-23-19(2,3)20(4,5)24-21/h8,10-13,15H,6-7,9H2,1-5H3. The van der Waals surface area contributed by atoms with Gasteiger partial charge in [-0.2, -0.15) is 0 Å². The predicted molar refractivity (Wildman–Crippen MR) is 98.2 cm³/mol. The first-order valence-corrected chi connectivity index (χ1v) is 8.85. The second kappa shape index (κ2) is 6.16. The molecule has 1 saturated heterocycles. The van der Waals surface area contributed by atoms with E-state index < -0.39 is 0 Å². The second-order valence-electron chi connectivity index (χ2n) is 8.02. The lowest BCUT2D eigenvalue weighted by Gasteiger charge is -2.32. The van der Waals surface area contributed by atoms with Gasteiger partial charge in [0, 0.05) is 5.92 Å². The van der Waals surface area contributed by atoms with E-state index in [1.54, 1.807) is 6.92 Å². The lowest BCUT2D eigenvalue weighted by Crippen LogP contribution is -2.41. The number of hydrogen-bond acceptors (Lipinski definition) is 3. The highest BCUT2D eigenvalue weighted by Crippen LogP contribution is 2.36. The molecule has 1 heterocycles. The molecule has 24 heavy (non-hydrogen) atoms. The van der Waals surface area contributed by atoms with Gasteiger partial charge in [-0.3, -0.25) is 4.79 Å². The van der Waals surface area contributed by atoms with Gasteiger partial charge in [0.1, 0.15) is 5.78 Å². The van der Waals surface area contributed by atoms with Crippen LogP contribution in [0.15, 0.2) is 30.3 Å². The molecule has 3 rings (SSSR count). The van der Waals surface area contributed by atoms with Crippen molar-refractivity contribution in [2.24, 2.45) is 5.92 Å². The average Bonchev–Trinajstić information content (AvgIpc) is 2.76. The topological polar surface area (TPSA) is 35.5 Å². The molecule has 0 bridgehead atoms. The highest BCUT2D eigenvalue weighted by molar-refractivity contribution is 6.62. The number of rotatable bonds is 3. The maximum absolute atomic E-state index is 11.5. The minimum Gasteiger partial charge on any atom is -0.399 e. The third kappa shape index (κ3) is 3.22. The molecule has 0 N–H and O–H groups in total. The number of Topliss-reactive ketones (excluding diaryl/α,β-unsaturated/α-hetero) is 1. The van der Waals surface area contributed by atoms with E-state index in [0.29, 0.717) is 5.78 Å². The van der Waals surface area contributed by atoms with Crippen molar-refractivity contribution in [1.82, 2.24) is 0 Å². The van der Waals surface area contributed by atoms with Gasteiger partial charge < -0.3 is 9.31 Å². The first-order valence-electron chi connectivity index (χ1n) is 8.85. The fraction of sp³-hybridized carbons (Fsp3) is 0.550. The van der Waals surface area contributed by atoms with Crippen LogP contribution >= 0.6 is 0 Å². The Morgan fingerprint density at radius 3 is 2.12 bits per heavy atom. The Hall–Kier alpha value is -1.39. The van der Waals surface area contributed by atoms with Crippen molar-refractivity contribution in [2.45, 2.75) is 65.1 Å². The van der Waals surface area contributed by atoms with Crippen molar-refractivity contribution in [2.75, 3.05) is 0 Å². The monoisotopic (exact) mass is 326 g/mol. The van der Waals surface area contributed by atoms with E-state index in [0.717, 1.165) is 24.7 Å².